The first kappa shape index (κ1) is 13.4. The van der Waals surface area contributed by atoms with Gasteiger partial charge in [0, 0.05) is 12.2 Å². The molecular formula is C14H19N3O2. The van der Waals surface area contributed by atoms with E-state index in [2.05, 4.69) is 5.32 Å². The maximum absolute atomic E-state index is 12.2. The lowest BCUT2D eigenvalue weighted by Crippen LogP contribution is -2.45. The third-order valence-corrected chi connectivity index (χ3v) is 3.49. The van der Waals surface area contributed by atoms with Crippen molar-refractivity contribution in [3.63, 3.8) is 0 Å². The van der Waals surface area contributed by atoms with Crippen molar-refractivity contribution in [2.24, 2.45) is 5.73 Å². The van der Waals surface area contributed by atoms with E-state index < -0.39 is 12.1 Å². The lowest BCUT2D eigenvalue weighted by Gasteiger charge is -2.22. The molecule has 5 nitrogen and oxygen atoms in total. The third kappa shape index (κ3) is 2.86. The van der Waals surface area contributed by atoms with Crippen molar-refractivity contribution in [2.75, 3.05) is 11.9 Å². The van der Waals surface area contributed by atoms with E-state index in [4.69, 9.17) is 5.73 Å². The first-order chi connectivity index (χ1) is 8.99. The summed E-state index contributed by atoms with van der Waals surface area (Å²) in [5.41, 5.74) is 8.16. The summed E-state index contributed by atoms with van der Waals surface area (Å²) in [4.78, 5) is 24.9. The van der Waals surface area contributed by atoms with Crippen LogP contribution in [0.5, 0.6) is 0 Å². The Labute approximate surface area is 112 Å². The van der Waals surface area contributed by atoms with E-state index in [0.717, 1.165) is 23.2 Å². The second-order valence-corrected chi connectivity index (χ2v) is 5.00. The van der Waals surface area contributed by atoms with Crippen molar-refractivity contribution in [1.82, 2.24) is 4.90 Å². The molecule has 0 aliphatic carbocycles. The Morgan fingerprint density at radius 2 is 2.11 bits per heavy atom. The van der Waals surface area contributed by atoms with Gasteiger partial charge in [-0.15, -0.1) is 0 Å². The molecule has 2 rings (SSSR count). The lowest BCUT2D eigenvalue weighted by molar-refractivity contribution is -0.119. The highest BCUT2D eigenvalue weighted by molar-refractivity contribution is 5.97. The number of hydrogen-bond donors (Lipinski definition) is 2. The van der Waals surface area contributed by atoms with Gasteiger partial charge in [-0.3, -0.25) is 4.79 Å². The molecule has 3 amide bonds. The maximum atomic E-state index is 12.2. The molecule has 0 aromatic heterocycles. The van der Waals surface area contributed by atoms with Gasteiger partial charge in [0.25, 0.3) is 0 Å². The predicted molar refractivity (Wildman–Crippen MR) is 73.9 cm³/mol. The Hall–Kier alpha value is -2.04. The Balaban J connectivity index is 2.12. The molecule has 0 radical (unpaired) electrons. The molecule has 1 atom stereocenters. The summed E-state index contributed by atoms with van der Waals surface area (Å²) in [6.45, 7) is 4.47. The van der Waals surface area contributed by atoms with Crippen LogP contribution in [0.15, 0.2) is 18.2 Å². The van der Waals surface area contributed by atoms with E-state index in [9.17, 15) is 9.59 Å². The topological polar surface area (TPSA) is 75.4 Å². The molecule has 1 aromatic rings. The fraction of sp³-hybridized carbons (Fsp3) is 0.429. The molecule has 102 valence electrons. The lowest BCUT2D eigenvalue weighted by atomic mass is 10.1. The van der Waals surface area contributed by atoms with Crippen LogP contribution in [-0.2, 0) is 4.79 Å². The number of nitrogens with two attached hydrogens (primary N) is 1. The normalized spacial score (nSPS) is 18.4. The Bertz CT molecular complexity index is 513. The van der Waals surface area contributed by atoms with Crippen molar-refractivity contribution in [3.05, 3.63) is 29.3 Å². The number of amides is 3. The van der Waals surface area contributed by atoms with Crippen LogP contribution in [0.25, 0.3) is 0 Å². The van der Waals surface area contributed by atoms with Gasteiger partial charge in [0.2, 0.25) is 5.91 Å². The number of nitrogens with one attached hydrogen (secondary N) is 1. The Morgan fingerprint density at radius 3 is 2.79 bits per heavy atom. The highest BCUT2D eigenvalue weighted by Gasteiger charge is 2.33. The standard InChI is InChI=1S/C14H19N3O2/c1-9-5-6-10(2)11(8-9)16-13(18)12-4-3-7-17(12)14(15)19/h5-6,8,12H,3-4,7H2,1-2H3,(H2,15,19)(H,16,18)/t12-/m1/s1. The number of primary amides is 1. The predicted octanol–water partition coefficient (Wildman–Crippen LogP) is 1.79. The quantitative estimate of drug-likeness (QED) is 0.851. The summed E-state index contributed by atoms with van der Waals surface area (Å²) >= 11 is 0. The average molecular weight is 261 g/mol. The molecule has 0 saturated carbocycles. The van der Waals surface area contributed by atoms with Gasteiger partial charge < -0.3 is 16.0 Å². The zero-order valence-corrected chi connectivity index (χ0v) is 11.3. The van der Waals surface area contributed by atoms with Crippen LogP contribution in [0.2, 0.25) is 0 Å². The molecule has 1 aromatic carbocycles. The van der Waals surface area contributed by atoms with Gasteiger partial charge in [0.15, 0.2) is 0 Å². The van der Waals surface area contributed by atoms with E-state index >= 15 is 0 Å². The van der Waals surface area contributed by atoms with E-state index in [0.29, 0.717) is 13.0 Å². The van der Waals surface area contributed by atoms with Crippen molar-refractivity contribution < 1.29 is 9.59 Å². The minimum absolute atomic E-state index is 0.162. The zero-order valence-electron chi connectivity index (χ0n) is 11.3. The summed E-state index contributed by atoms with van der Waals surface area (Å²) in [5, 5.41) is 2.89. The number of aryl methyl sites for hydroxylation is 2. The van der Waals surface area contributed by atoms with Crippen LogP contribution in [0, 0.1) is 13.8 Å². The molecule has 0 spiro atoms. The van der Waals surface area contributed by atoms with Crippen LogP contribution in [-0.4, -0.2) is 29.4 Å². The van der Waals surface area contributed by atoms with Gasteiger partial charge >= 0.3 is 6.03 Å². The number of likely N-dealkylation sites (tertiary alicyclic amines) is 1. The highest BCUT2D eigenvalue weighted by Crippen LogP contribution is 2.21. The van der Waals surface area contributed by atoms with Gasteiger partial charge in [-0.1, -0.05) is 12.1 Å². The number of hydrogen-bond acceptors (Lipinski definition) is 2. The molecule has 5 heteroatoms. The van der Waals surface area contributed by atoms with E-state index in [-0.39, 0.29) is 5.91 Å². The Morgan fingerprint density at radius 1 is 1.37 bits per heavy atom. The molecule has 1 fully saturated rings. The molecule has 0 bridgehead atoms. The first-order valence-electron chi connectivity index (χ1n) is 6.43. The second kappa shape index (κ2) is 5.30. The summed E-state index contributed by atoms with van der Waals surface area (Å²) in [5.74, 6) is -0.162. The van der Waals surface area contributed by atoms with Crippen LogP contribution >= 0.6 is 0 Å². The second-order valence-electron chi connectivity index (χ2n) is 5.00. The van der Waals surface area contributed by atoms with Crippen LogP contribution in [0.1, 0.15) is 24.0 Å². The largest absolute Gasteiger partial charge is 0.351 e. The highest BCUT2D eigenvalue weighted by atomic mass is 16.2. The average Bonchev–Trinajstić information content (AvgIpc) is 2.83. The monoisotopic (exact) mass is 261 g/mol. The summed E-state index contributed by atoms with van der Waals surface area (Å²) in [6, 6.07) is 4.91. The smallest absolute Gasteiger partial charge is 0.315 e. The summed E-state index contributed by atoms with van der Waals surface area (Å²) < 4.78 is 0. The van der Waals surface area contributed by atoms with E-state index in [1.807, 2.05) is 32.0 Å². The van der Waals surface area contributed by atoms with Crippen molar-refractivity contribution in [1.29, 1.82) is 0 Å². The molecule has 1 aliphatic rings. The summed E-state index contributed by atoms with van der Waals surface area (Å²) in [6.07, 6.45) is 1.48. The SMILES string of the molecule is Cc1ccc(C)c(NC(=O)[C@H]2CCCN2C(N)=O)c1. The van der Waals surface area contributed by atoms with Crippen molar-refractivity contribution >= 4 is 17.6 Å². The number of rotatable bonds is 2. The zero-order chi connectivity index (χ0) is 14.0. The van der Waals surface area contributed by atoms with Gasteiger partial charge in [-0.2, -0.15) is 0 Å². The minimum atomic E-state index is -0.529. The molecular weight excluding hydrogens is 242 g/mol. The van der Waals surface area contributed by atoms with Gasteiger partial charge in [-0.25, -0.2) is 4.79 Å². The third-order valence-electron chi connectivity index (χ3n) is 3.49. The van der Waals surface area contributed by atoms with E-state index in [1.165, 1.54) is 4.90 Å². The molecule has 3 N–H and O–H groups in total. The van der Waals surface area contributed by atoms with Crippen LogP contribution in [0.4, 0.5) is 10.5 Å². The molecule has 1 saturated heterocycles. The number of anilines is 1. The number of urea groups is 1. The molecule has 1 heterocycles. The van der Waals surface area contributed by atoms with E-state index in [1.54, 1.807) is 0 Å². The Kier molecular flexibility index (Phi) is 3.74. The minimum Gasteiger partial charge on any atom is -0.351 e. The number of benzene rings is 1. The maximum Gasteiger partial charge on any atom is 0.315 e. The molecule has 1 aliphatic heterocycles. The van der Waals surface area contributed by atoms with Gasteiger partial charge in [-0.05, 0) is 43.9 Å². The van der Waals surface area contributed by atoms with Crippen LogP contribution < -0.4 is 11.1 Å². The number of carbonyl (C=O) groups is 2. The van der Waals surface area contributed by atoms with Gasteiger partial charge in [0.1, 0.15) is 6.04 Å². The fourth-order valence-corrected chi connectivity index (χ4v) is 2.39. The van der Waals surface area contributed by atoms with Crippen LogP contribution in [0.3, 0.4) is 0 Å². The van der Waals surface area contributed by atoms with Crippen molar-refractivity contribution in [2.45, 2.75) is 32.7 Å². The van der Waals surface area contributed by atoms with Crippen molar-refractivity contribution in [3.8, 4) is 0 Å². The molecule has 19 heavy (non-hydrogen) atoms. The fourth-order valence-electron chi connectivity index (χ4n) is 2.39. The number of nitrogens with zero attached hydrogens (tertiary/aromatic N) is 1. The number of carbonyl (C=O) groups excluding carboxylic acids is 2. The summed E-state index contributed by atoms with van der Waals surface area (Å²) in [7, 11) is 0. The molecule has 0 unspecified atom stereocenters. The first-order valence-corrected chi connectivity index (χ1v) is 6.43. The van der Waals surface area contributed by atoms with Gasteiger partial charge in [0.05, 0.1) is 0 Å².